The topological polar surface area (TPSA) is 40.5 Å². The summed E-state index contributed by atoms with van der Waals surface area (Å²) < 4.78 is 327. The number of phenolic OH excluding ortho intramolecular Hbond substituents is 2. The van der Waals surface area contributed by atoms with E-state index in [-0.39, 0.29) is 24.3 Å². The molecule has 0 saturated heterocycles. The summed E-state index contributed by atoms with van der Waals surface area (Å²) in [5, 5.41) is 18.7. The number of phenols is 2. The smallest absolute Gasteiger partial charge is 0.385 e. The lowest BCUT2D eigenvalue weighted by Gasteiger charge is -2.54. The minimum atomic E-state index is -9.35. The molecule has 3 rings (SSSR count). The summed E-state index contributed by atoms with van der Waals surface area (Å²) in [6.07, 6.45) is 0. The molecule has 0 unspecified atom stereocenters. The normalized spacial score (nSPS) is 28.3. The van der Waals surface area contributed by atoms with Crippen LogP contribution in [0.1, 0.15) is 11.1 Å². The molecule has 24 heteroatoms. The molecule has 2 aromatic carbocycles. The summed E-state index contributed by atoms with van der Waals surface area (Å²) in [6.45, 7) is 0. The first-order valence-corrected chi connectivity index (χ1v) is 11.7. The van der Waals surface area contributed by atoms with Crippen LogP contribution < -0.4 is 0 Å². The number of halogens is 22. The molecule has 1 aliphatic rings. The van der Waals surface area contributed by atoms with Gasteiger partial charge in [-0.2, -0.15) is 96.6 Å². The van der Waals surface area contributed by atoms with Gasteiger partial charge in [0.25, 0.3) is 0 Å². The highest BCUT2D eigenvalue weighted by Gasteiger charge is 3.02. The second kappa shape index (κ2) is 10.0. The zero-order chi connectivity index (χ0) is 38.0. The Labute approximate surface area is 249 Å². The van der Waals surface area contributed by atoms with Crippen LogP contribution in [0.2, 0.25) is 0 Å². The Morgan fingerprint density at radius 2 is 0.396 bits per heavy atom. The Kier molecular flexibility index (Phi) is 8.14. The molecule has 2 aromatic rings. The van der Waals surface area contributed by atoms with Crippen molar-refractivity contribution >= 4 is 0 Å². The number of alkyl halides is 22. The van der Waals surface area contributed by atoms with E-state index in [0.29, 0.717) is 0 Å². The summed E-state index contributed by atoms with van der Waals surface area (Å²) in [7, 11) is 0. The SMILES string of the molecule is Oc1ccc(C2(c3ccc(O)cc3)C(F)(F)C(F)(F)C(F)(F)C(F)(F)C(F)(F)C(F)(F)C(F)(F)C(F)(F)C(F)(F)C(F)(F)C2(F)F)cc1. The molecule has 0 spiro atoms. The van der Waals surface area contributed by atoms with E-state index in [1.165, 1.54) is 0 Å². The van der Waals surface area contributed by atoms with Crippen LogP contribution in [-0.4, -0.2) is 75.4 Å². The molecule has 0 aromatic heterocycles. The molecule has 0 bridgehead atoms. The fraction of sp³-hybridized carbons (Fsp3) is 0.500. The molecule has 1 fully saturated rings. The van der Waals surface area contributed by atoms with E-state index in [1.54, 1.807) is 0 Å². The van der Waals surface area contributed by atoms with Gasteiger partial charge in [0.2, 0.25) is 0 Å². The highest BCUT2D eigenvalue weighted by Crippen LogP contribution is 2.73. The van der Waals surface area contributed by atoms with Gasteiger partial charge in [-0.3, -0.25) is 0 Å². The minimum absolute atomic E-state index is 0.293. The van der Waals surface area contributed by atoms with E-state index in [2.05, 4.69) is 0 Å². The van der Waals surface area contributed by atoms with Crippen molar-refractivity contribution in [3.8, 4) is 11.5 Å². The van der Waals surface area contributed by atoms with Crippen molar-refractivity contribution in [3.63, 3.8) is 0 Å². The molecular weight excluding hydrogens is 738 g/mol. The van der Waals surface area contributed by atoms with Gasteiger partial charge < -0.3 is 10.2 Å². The molecule has 0 radical (unpaired) electrons. The molecule has 0 heterocycles. The summed E-state index contributed by atoms with van der Waals surface area (Å²) in [4.78, 5) is 0. The Bertz CT molecular complexity index is 1410. The van der Waals surface area contributed by atoms with E-state index in [0.717, 1.165) is 0 Å². The fourth-order valence-corrected chi connectivity index (χ4v) is 4.76. The molecule has 0 aliphatic heterocycles. The van der Waals surface area contributed by atoms with Crippen molar-refractivity contribution in [3.05, 3.63) is 59.7 Å². The van der Waals surface area contributed by atoms with Crippen LogP contribution in [0.3, 0.4) is 0 Å². The van der Waals surface area contributed by atoms with Gasteiger partial charge >= 0.3 is 65.1 Å². The van der Waals surface area contributed by atoms with E-state index >= 15 is 35.1 Å². The minimum Gasteiger partial charge on any atom is -0.508 e. The number of hydrogen-bond donors (Lipinski definition) is 2. The van der Waals surface area contributed by atoms with Gasteiger partial charge in [0.15, 0.2) is 5.41 Å². The van der Waals surface area contributed by atoms with Gasteiger partial charge in [0.1, 0.15) is 11.5 Å². The summed E-state index contributed by atoms with van der Waals surface area (Å²) in [6, 6.07) is -4.09. The third-order valence-corrected chi connectivity index (χ3v) is 7.49. The van der Waals surface area contributed by atoms with E-state index < -0.39 is 117 Å². The lowest BCUT2D eigenvalue weighted by atomic mass is 9.60. The number of aromatic hydroxyl groups is 2. The maximum absolute atomic E-state index is 16.1. The van der Waals surface area contributed by atoms with Crippen molar-refractivity contribution in [2.45, 2.75) is 70.6 Å². The predicted octanol–water partition coefficient (Wildman–Crippen LogP) is 9.39. The predicted molar refractivity (Wildman–Crippen MR) is 111 cm³/mol. The Hall–Kier alpha value is -3.50. The maximum Gasteiger partial charge on any atom is 0.385 e. The van der Waals surface area contributed by atoms with Crippen molar-refractivity contribution in [1.82, 2.24) is 0 Å². The second-order valence-electron chi connectivity index (χ2n) is 10.2. The van der Waals surface area contributed by atoms with E-state index in [4.69, 9.17) is 0 Å². The molecular formula is C24H10F22O2. The van der Waals surface area contributed by atoms with Gasteiger partial charge in [0, 0.05) is 0 Å². The monoisotopic (exact) mass is 748 g/mol. The van der Waals surface area contributed by atoms with Gasteiger partial charge in [-0.25, -0.2) is 0 Å². The van der Waals surface area contributed by atoms with Crippen LogP contribution >= 0.6 is 0 Å². The summed E-state index contributed by atoms with van der Waals surface area (Å²) >= 11 is 0. The number of benzene rings is 2. The summed E-state index contributed by atoms with van der Waals surface area (Å²) in [5.74, 6) is -103. The van der Waals surface area contributed by atoms with Crippen molar-refractivity contribution < 1.29 is 107 Å². The molecule has 272 valence electrons. The first kappa shape index (κ1) is 38.9. The van der Waals surface area contributed by atoms with Gasteiger partial charge in [-0.15, -0.1) is 0 Å². The average molecular weight is 748 g/mol. The van der Waals surface area contributed by atoms with Crippen LogP contribution in [0.4, 0.5) is 96.6 Å². The van der Waals surface area contributed by atoms with Crippen LogP contribution in [-0.2, 0) is 5.41 Å². The summed E-state index contributed by atoms with van der Waals surface area (Å²) in [5.41, 5.74) is -12.9. The van der Waals surface area contributed by atoms with Crippen molar-refractivity contribution in [1.29, 1.82) is 0 Å². The van der Waals surface area contributed by atoms with Gasteiger partial charge in [-0.1, -0.05) is 24.3 Å². The second-order valence-corrected chi connectivity index (χ2v) is 10.2. The Morgan fingerprint density at radius 1 is 0.250 bits per heavy atom. The third-order valence-electron chi connectivity index (χ3n) is 7.49. The third kappa shape index (κ3) is 3.93. The number of rotatable bonds is 2. The van der Waals surface area contributed by atoms with E-state index in [1.807, 2.05) is 0 Å². The molecule has 2 N–H and O–H groups in total. The first-order chi connectivity index (χ1) is 21.0. The van der Waals surface area contributed by atoms with Gasteiger partial charge in [-0.05, 0) is 35.4 Å². The quantitative estimate of drug-likeness (QED) is 0.301. The maximum atomic E-state index is 16.1. The zero-order valence-corrected chi connectivity index (χ0v) is 21.8. The fourth-order valence-electron chi connectivity index (χ4n) is 4.76. The molecule has 2 nitrogen and oxygen atoms in total. The average Bonchev–Trinajstić information content (AvgIpc) is 2.93. The molecule has 48 heavy (non-hydrogen) atoms. The molecule has 1 saturated carbocycles. The molecule has 0 amide bonds. The van der Waals surface area contributed by atoms with Gasteiger partial charge in [0.05, 0.1) is 0 Å². The highest BCUT2D eigenvalue weighted by molar-refractivity contribution is 5.51. The van der Waals surface area contributed by atoms with Crippen LogP contribution in [0, 0.1) is 0 Å². The largest absolute Gasteiger partial charge is 0.508 e. The first-order valence-electron chi connectivity index (χ1n) is 11.7. The molecule has 1 aliphatic carbocycles. The Balaban J connectivity index is 2.87. The zero-order valence-electron chi connectivity index (χ0n) is 21.8. The Morgan fingerprint density at radius 3 is 0.562 bits per heavy atom. The standard InChI is InChI=1S/C24H10F22O2/c25-14(26)13(9-1-5-11(47)6-2-9,10-3-7-12(48)8-4-10)15(27,28)17(31,32)19(35,36)21(39,40)23(43,44)24(45,46)22(41,42)20(37,38)18(33,34)16(14,29)30/h1-8,47-48H. The van der Waals surface area contributed by atoms with Crippen molar-refractivity contribution in [2.24, 2.45) is 0 Å². The lowest BCUT2D eigenvalue weighted by Crippen LogP contribution is -2.83. The van der Waals surface area contributed by atoms with Crippen LogP contribution in [0.25, 0.3) is 0 Å². The van der Waals surface area contributed by atoms with Crippen LogP contribution in [0.5, 0.6) is 11.5 Å². The molecule has 0 atom stereocenters. The van der Waals surface area contributed by atoms with Crippen molar-refractivity contribution in [2.75, 3.05) is 0 Å². The van der Waals surface area contributed by atoms with Crippen LogP contribution in [0.15, 0.2) is 48.5 Å². The number of hydrogen-bond acceptors (Lipinski definition) is 2. The highest BCUT2D eigenvalue weighted by atomic mass is 19.4. The van der Waals surface area contributed by atoms with E-state index in [9.17, 15) is 71.7 Å². The lowest BCUT2D eigenvalue weighted by molar-refractivity contribution is -0.490.